The van der Waals surface area contributed by atoms with Gasteiger partial charge in [-0.15, -0.1) is 0 Å². The molecule has 1 fully saturated rings. The Morgan fingerprint density at radius 1 is 1.40 bits per heavy atom. The predicted octanol–water partition coefficient (Wildman–Crippen LogP) is 2.98. The van der Waals surface area contributed by atoms with Gasteiger partial charge in [0.05, 0.1) is 18.1 Å². The molecule has 2 atom stereocenters. The van der Waals surface area contributed by atoms with Gasteiger partial charge in [0.25, 0.3) is 0 Å². The van der Waals surface area contributed by atoms with Gasteiger partial charge < -0.3 is 10.3 Å². The Morgan fingerprint density at radius 3 is 2.85 bits per heavy atom. The lowest BCUT2D eigenvalue weighted by Crippen LogP contribution is -2.37. The van der Waals surface area contributed by atoms with E-state index < -0.39 is 0 Å². The molecule has 20 heavy (non-hydrogen) atoms. The Bertz CT molecular complexity index is 399. The number of aromatic nitrogens is 2. The largest absolute Gasteiger partial charge is 0.331 e. The van der Waals surface area contributed by atoms with Crippen LogP contribution in [-0.4, -0.2) is 34.1 Å². The average Bonchev–Trinajstić information content (AvgIpc) is 2.82. The van der Waals surface area contributed by atoms with E-state index in [4.69, 9.17) is 5.73 Å². The van der Waals surface area contributed by atoms with Crippen molar-refractivity contribution >= 4 is 0 Å². The van der Waals surface area contributed by atoms with E-state index >= 15 is 0 Å². The summed E-state index contributed by atoms with van der Waals surface area (Å²) in [6, 6.07) is 0.894. The molecule has 0 saturated carbocycles. The van der Waals surface area contributed by atoms with Gasteiger partial charge in [-0.2, -0.15) is 0 Å². The lowest BCUT2D eigenvalue weighted by molar-refractivity contribution is 0.150. The molecule has 1 saturated heterocycles. The third-order valence-electron chi connectivity index (χ3n) is 4.48. The molecule has 2 rings (SSSR count). The highest BCUT2D eigenvalue weighted by Gasteiger charge is 2.32. The van der Waals surface area contributed by atoms with Crippen LogP contribution in [0.25, 0.3) is 0 Å². The summed E-state index contributed by atoms with van der Waals surface area (Å²) in [5.41, 5.74) is 7.45. The molecule has 0 spiro atoms. The Kier molecular flexibility index (Phi) is 5.61. The molecule has 0 amide bonds. The summed E-state index contributed by atoms with van der Waals surface area (Å²) in [6.07, 6.45) is 9.06. The van der Waals surface area contributed by atoms with Crippen LogP contribution >= 0.6 is 0 Å². The number of likely N-dealkylation sites (tertiary alicyclic amines) is 1. The fraction of sp³-hybridized carbons (Fsp3) is 0.812. The van der Waals surface area contributed by atoms with Crippen LogP contribution in [0.4, 0.5) is 0 Å². The van der Waals surface area contributed by atoms with E-state index in [2.05, 4.69) is 41.4 Å². The van der Waals surface area contributed by atoms with Gasteiger partial charge in [0.2, 0.25) is 0 Å². The topological polar surface area (TPSA) is 47.1 Å². The van der Waals surface area contributed by atoms with E-state index in [1.807, 2.05) is 6.33 Å². The molecule has 114 valence electrons. The minimum absolute atomic E-state index is 0.437. The van der Waals surface area contributed by atoms with Crippen LogP contribution in [0.3, 0.4) is 0 Å². The van der Waals surface area contributed by atoms with Crippen molar-refractivity contribution in [3.8, 4) is 0 Å². The molecule has 1 aliphatic rings. The monoisotopic (exact) mass is 278 g/mol. The fourth-order valence-electron chi connectivity index (χ4n) is 3.51. The number of nitrogens with two attached hydrogens (primary N) is 1. The normalized spacial score (nSPS) is 25.1. The van der Waals surface area contributed by atoms with Gasteiger partial charge >= 0.3 is 0 Å². The summed E-state index contributed by atoms with van der Waals surface area (Å²) in [6.45, 7) is 9.84. The zero-order valence-electron chi connectivity index (χ0n) is 13.3. The average molecular weight is 278 g/mol. The van der Waals surface area contributed by atoms with E-state index in [9.17, 15) is 0 Å². The Hall–Kier alpha value is -0.870. The van der Waals surface area contributed by atoms with Crippen molar-refractivity contribution in [1.29, 1.82) is 0 Å². The first-order chi connectivity index (χ1) is 9.69. The highest BCUT2D eigenvalue weighted by atomic mass is 15.2. The second-order valence-corrected chi connectivity index (χ2v) is 6.29. The van der Waals surface area contributed by atoms with E-state index in [-0.39, 0.29) is 0 Å². The Balaban J connectivity index is 2.35. The molecular formula is C16H30N4. The zero-order valence-corrected chi connectivity index (χ0v) is 13.3. The van der Waals surface area contributed by atoms with Gasteiger partial charge in [-0.1, -0.05) is 13.3 Å². The maximum atomic E-state index is 6.10. The molecular weight excluding hydrogens is 248 g/mol. The van der Waals surface area contributed by atoms with Crippen LogP contribution in [0.5, 0.6) is 0 Å². The first-order valence-electron chi connectivity index (χ1n) is 8.14. The van der Waals surface area contributed by atoms with Gasteiger partial charge in [0.1, 0.15) is 0 Å². The van der Waals surface area contributed by atoms with Gasteiger partial charge in [0, 0.05) is 12.2 Å². The van der Waals surface area contributed by atoms with Crippen molar-refractivity contribution in [2.75, 3.05) is 19.6 Å². The zero-order chi connectivity index (χ0) is 14.5. The maximum absolute atomic E-state index is 6.10. The van der Waals surface area contributed by atoms with E-state index in [1.54, 1.807) is 0 Å². The highest BCUT2D eigenvalue weighted by molar-refractivity contribution is 5.10. The highest BCUT2D eigenvalue weighted by Crippen LogP contribution is 2.35. The molecule has 0 bridgehead atoms. The van der Waals surface area contributed by atoms with Gasteiger partial charge in [-0.3, -0.25) is 4.90 Å². The summed E-state index contributed by atoms with van der Waals surface area (Å²) < 4.78 is 2.32. The number of nitrogens with zero attached hydrogens (tertiary/aromatic N) is 3. The Morgan fingerprint density at radius 2 is 2.20 bits per heavy atom. The number of hydrogen-bond acceptors (Lipinski definition) is 3. The molecule has 1 aromatic rings. The predicted molar refractivity (Wildman–Crippen MR) is 83.6 cm³/mol. The van der Waals surface area contributed by atoms with Crippen molar-refractivity contribution in [2.24, 2.45) is 11.7 Å². The van der Waals surface area contributed by atoms with E-state index in [0.29, 0.717) is 18.0 Å². The standard InChI is InChI=1S/C16H30N4/c1-4-8-19-9-6-5-7-14(10-17)16(19)15-11-18-12-20(15)13(2)3/h11-14,16H,4-10,17H2,1-3H3. The molecule has 2 heterocycles. The Labute approximate surface area is 123 Å². The number of imidazole rings is 1. The summed E-state index contributed by atoms with van der Waals surface area (Å²) in [4.78, 5) is 7.05. The summed E-state index contributed by atoms with van der Waals surface area (Å²) >= 11 is 0. The van der Waals surface area contributed by atoms with Crippen LogP contribution < -0.4 is 5.73 Å². The van der Waals surface area contributed by atoms with Crippen molar-refractivity contribution in [2.45, 2.75) is 58.5 Å². The van der Waals surface area contributed by atoms with Crippen molar-refractivity contribution in [3.05, 3.63) is 18.2 Å². The second kappa shape index (κ2) is 7.23. The van der Waals surface area contributed by atoms with Crippen molar-refractivity contribution in [3.63, 3.8) is 0 Å². The quantitative estimate of drug-likeness (QED) is 0.900. The van der Waals surface area contributed by atoms with E-state index in [0.717, 1.165) is 13.1 Å². The molecule has 1 aromatic heterocycles. The van der Waals surface area contributed by atoms with Gasteiger partial charge in [-0.05, 0) is 58.7 Å². The molecule has 0 radical (unpaired) electrons. The summed E-state index contributed by atoms with van der Waals surface area (Å²) in [5, 5.41) is 0. The molecule has 1 aliphatic heterocycles. The molecule has 4 nitrogen and oxygen atoms in total. The number of rotatable bonds is 5. The third-order valence-corrected chi connectivity index (χ3v) is 4.48. The third kappa shape index (κ3) is 3.23. The van der Waals surface area contributed by atoms with Crippen LogP contribution in [0.15, 0.2) is 12.5 Å². The molecule has 0 aliphatic carbocycles. The minimum atomic E-state index is 0.437. The smallest absolute Gasteiger partial charge is 0.0951 e. The lowest BCUT2D eigenvalue weighted by Gasteiger charge is -2.35. The molecule has 2 N–H and O–H groups in total. The van der Waals surface area contributed by atoms with Crippen molar-refractivity contribution < 1.29 is 0 Å². The van der Waals surface area contributed by atoms with E-state index in [1.165, 1.54) is 37.9 Å². The van der Waals surface area contributed by atoms with Crippen LogP contribution in [0.2, 0.25) is 0 Å². The van der Waals surface area contributed by atoms with Crippen LogP contribution in [0.1, 0.15) is 64.2 Å². The summed E-state index contributed by atoms with van der Waals surface area (Å²) in [5.74, 6) is 0.554. The lowest BCUT2D eigenvalue weighted by atomic mass is 9.92. The molecule has 2 unspecified atom stereocenters. The first-order valence-corrected chi connectivity index (χ1v) is 8.14. The van der Waals surface area contributed by atoms with Gasteiger partial charge in [-0.25, -0.2) is 4.98 Å². The second-order valence-electron chi connectivity index (χ2n) is 6.29. The fourth-order valence-corrected chi connectivity index (χ4v) is 3.51. The van der Waals surface area contributed by atoms with Crippen LogP contribution in [-0.2, 0) is 0 Å². The SMILES string of the molecule is CCCN1CCCCC(CN)C1c1cncn1C(C)C. The minimum Gasteiger partial charge on any atom is -0.331 e. The van der Waals surface area contributed by atoms with Crippen LogP contribution in [0, 0.1) is 5.92 Å². The molecule has 0 aromatic carbocycles. The number of hydrogen-bond donors (Lipinski definition) is 1. The maximum Gasteiger partial charge on any atom is 0.0951 e. The van der Waals surface area contributed by atoms with Gasteiger partial charge in [0.15, 0.2) is 0 Å². The first kappa shape index (κ1) is 15.5. The van der Waals surface area contributed by atoms with Crippen molar-refractivity contribution in [1.82, 2.24) is 14.5 Å². The molecule has 4 heteroatoms. The summed E-state index contributed by atoms with van der Waals surface area (Å²) in [7, 11) is 0.